The fourth-order valence-electron chi connectivity index (χ4n) is 3.40. The Morgan fingerprint density at radius 2 is 1.93 bits per heavy atom. The molecule has 2 aromatic rings. The fourth-order valence-corrected chi connectivity index (χ4v) is 3.40. The lowest BCUT2D eigenvalue weighted by Crippen LogP contribution is -2.40. The van der Waals surface area contributed by atoms with Crippen molar-refractivity contribution in [2.24, 2.45) is 0 Å². The van der Waals surface area contributed by atoms with Gasteiger partial charge in [-0.25, -0.2) is 4.39 Å². The average Bonchev–Trinajstić information content (AvgIpc) is 3.07. The smallest absolute Gasteiger partial charge is 0.376 e. The number of alkyl halides is 3. The van der Waals surface area contributed by atoms with E-state index in [2.05, 4.69) is 5.32 Å². The Morgan fingerprint density at radius 1 is 1.15 bits per heavy atom. The number of anilines is 1. The third-order valence-corrected chi connectivity index (χ3v) is 4.69. The highest BCUT2D eigenvalue weighted by Crippen LogP contribution is 2.30. The summed E-state index contributed by atoms with van der Waals surface area (Å²) in [6.07, 6.45) is -2.18. The predicted octanol–water partition coefficient (Wildman–Crippen LogP) is 4.49. The van der Waals surface area contributed by atoms with E-state index in [0.29, 0.717) is 13.0 Å². The number of likely N-dealkylation sites (tertiary alicyclic amines) is 1. The van der Waals surface area contributed by atoms with Crippen LogP contribution in [-0.2, 0) is 17.4 Å². The summed E-state index contributed by atoms with van der Waals surface area (Å²) >= 11 is 0. The molecule has 7 heteroatoms. The first kappa shape index (κ1) is 19.2. The number of rotatable bonds is 5. The van der Waals surface area contributed by atoms with Crippen LogP contribution in [0.3, 0.4) is 0 Å². The molecule has 1 saturated heterocycles. The number of nitrogens with zero attached hydrogens (tertiary/aromatic N) is 1. The van der Waals surface area contributed by atoms with Gasteiger partial charge in [-0.3, -0.25) is 4.79 Å². The molecule has 0 aromatic heterocycles. The molecule has 1 heterocycles. The van der Waals surface area contributed by atoms with Crippen molar-refractivity contribution in [1.82, 2.24) is 4.90 Å². The van der Waals surface area contributed by atoms with E-state index in [9.17, 15) is 22.4 Å². The number of hydrogen-bond donors (Lipinski definition) is 1. The Morgan fingerprint density at radius 3 is 2.67 bits per heavy atom. The van der Waals surface area contributed by atoms with Crippen LogP contribution in [0, 0.1) is 5.82 Å². The number of carbonyl (C=O) groups is 1. The van der Waals surface area contributed by atoms with E-state index in [1.807, 2.05) is 6.07 Å². The predicted molar refractivity (Wildman–Crippen MR) is 94.8 cm³/mol. The van der Waals surface area contributed by atoms with Crippen molar-refractivity contribution >= 4 is 11.6 Å². The van der Waals surface area contributed by atoms with Crippen LogP contribution in [0.2, 0.25) is 0 Å². The highest BCUT2D eigenvalue weighted by Gasteiger charge is 2.31. The maximum atomic E-state index is 13.4. The zero-order chi connectivity index (χ0) is 19.4. The third kappa shape index (κ3) is 4.99. The van der Waals surface area contributed by atoms with E-state index in [4.69, 9.17) is 0 Å². The molecule has 0 bridgehead atoms. The van der Waals surface area contributed by atoms with Crippen LogP contribution >= 0.6 is 0 Å². The zero-order valence-corrected chi connectivity index (χ0v) is 14.6. The summed E-state index contributed by atoms with van der Waals surface area (Å²) in [5.74, 6) is -0.485. The maximum Gasteiger partial charge on any atom is 0.416 e. The average molecular weight is 380 g/mol. The van der Waals surface area contributed by atoms with Gasteiger partial charge in [-0.1, -0.05) is 18.2 Å². The summed E-state index contributed by atoms with van der Waals surface area (Å²) in [6, 6.07) is 11.1. The molecule has 0 saturated carbocycles. The molecule has 27 heavy (non-hydrogen) atoms. The molecule has 144 valence electrons. The van der Waals surface area contributed by atoms with E-state index >= 15 is 0 Å². The number of halogens is 4. The van der Waals surface area contributed by atoms with Crippen LogP contribution in [0.15, 0.2) is 48.5 Å². The summed E-state index contributed by atoms with van der Waals surface area (Å²) in [7, 11) is 0. The van der Waals surface area contributed by atoms with Crippen LogP contribution in [0.5, 0.6) is 0 Å². The largest absolute Gasteiger partial charge is 0.416 e. The molecule has 1 fully saturated rings. The van der Waals surface area contributed by atoms with E-state index in [0.717, 1.165) is 30.5 Å². The van der Waals surface area contributed by atoms with Gasteiger partial charge in [-0.15, -0.1) is 0 Å². The quantitative estimate of drug-likeness (QED) is 0.776. The first-order valence-electron chi connectivity index (χ1n) is 8.78. The van der Waals surface area contributed by atoms with Crippen molar-refractivity contribution in [3.8, 4) is 0 Å². The summed E-state index contributed by atoms with van der Waals surface area (Å²) in [5.41, 5.74) is 0.315. The summed E-state index contributed by atoms with van der Waals surface area (Å²) < 4.78 is 51.7. The van der Waals surface area contributed by atoms with E-state index in [1.54, 1.807) is 11.0 Å². The van der Waals surface area contributed by atoms with Gasteiger partial charge in [0.1, 0.15) is 5.82 Å². The highest BCUT2D eigenvalue weighted by atomic mass is 19.4. The van der Waals surface area contributed by atoms with Crippen molar-refractivity contribution in [3.63, 3.8) is 0 Å². The van der Waals surface area contributed by atoms with Crippen molar-refractivity contribution in [2.75, 3.05) is 18.4 Å². The standard InChI is InChI=1S/C20H20F4N2O/c21-16-6-1-4-14(10-16)11-18-8-3-9-26(18)19(27)13-25-17-7-2-5-15(12-17)20(22,23)24/h1-2,4-7,10,12,18,25H,3,8-9,11,13H2. The van der Waals surface area contributed by atoms with Gasteiger partial charge >= 0.3 is 6.18 Å². The Hall–Kier alpha value is -2.57. The Kier molecular flexibility index (Phi) is 5.68. The van der Waals surface area contributed by atoms with E-state index in [1.165, 1.54) is 24.3 Å². The number of benzene rings is 2. The van der Waals surface area contributed by atoms with Gasteiger partial charge in [0.2, 0.25) is 5.91 Å². The van der Waals surface area contributed by atoms with Crippen molar-refractivity contribution in [2.45, 2.75) is 31.5 Å². The van der Waals surface area contributed by atoms with Crippen molar-refractivity contribution in [3.05, 3.63) is 65.5 Å². The summed E-state index contributed by atoms with van der Waals surface area (Å²) in [6.45, 7) is 0.518. The van der Waals surface area contributed by atoms with E-state index < -0.39 is 11.7 Å². The lowest BCUT2D eigenvalue weighted by molar-refractivity contribution is -0.137. The molecule has 1 amide bonds. The highest BCUT2D eigenvalue weighted by molar-refractivity contribution is 5.81. The second-order valence-corrected chi connectivity index (χ2v) is 6.65. The molecule has 1 unspecified atom stereocenters. The van der Waals surface area contributed by atoms with Gasteiger partial charge in [0.05, 0.1) is 12.1 Å². The molecule has 3 rings (SSSR count). The van der Waals surface area contributed by atoms with Crippen molar-refractivity contribution < 1.29 is 22.4 Å². The summed E-state index contributed by atoms with van der Waals surface area (Å²) in [5, 5.41) is 2.78. The minimum Gasteiger partial charge on any atom is -0.376 e. The van der Waals surface area contributed by atoms with Crippen LogP contribution in [-0.4, -0.2) is 29.9 Å². The van der Waals surface area contributed by atoms with E-state index in [-0.39, 0.29) is 30.0 Å². The lowest BCUT2D eigenvalue weighted by atomic mass is 10.0. The molecule has 1 aliphatic heterocycles. The Labute approximate surface area is 155 Å². The molecule has 3 nitrogen and oxygen atoms in total. The summed E-state index contributed by atoms with van der Waals surface area (Å²) in [4.78, 5) is 14.3. The lowest BCUT2D eigenvalue weighted by Gasteiger charge is -2.25. The maximum absolute atomic E-state index is 13.4. The van der Waals surface area contributed by atoms with Gasteiger partial charge < -0.3 is 10.2 Å². The molecule has 0 aliphatic carbocycles. The number of carbonyl (C=O) groups excluding carboxylic acids is 1. The number of nitrogens with one attached hydrogen (secondary N) is 1. The van der Waals surface area contributed by atoms with Gasteiger partial charge in [0.15, 0.2) is 0 Å². The number of hydrogen-bond acceptors (Lipinski definition) is 2. The second-order valence-electron chi connectivity index (χ2n) is 6.65. The number of amides is 1. The van der Waals surface area contributed by atoms with Gasteiger partial charge in [-0.2, -0.15) is 13.2 Å². The molecule has 1 atom stereocenters. The van der Waals surface area contributed by atoms with Gasteiger partial charge in [0, 0.05) is 18.3 Å². The molecule has 0 radical (unpaired) electrons. The first-order valence-corrected chi connectivity index (χ1v) is 8.78. The monoisotopic (exact) mass is 380 g/mol. The van der Waals surface area contributed by atoms with Crippen LogP contribution in [0.4, 0.5) is 23.2 Å². The molecular formula is C20H20F4N2O. The molecule has 0 spiro atoms. The Balaban J connectivity index is 1.60. The molecule has 1 aliphatic rings. The minimum atomic E-state index is -4.42. The van der Waals surface area contributed by atoms with Crippen LogP contribution in [0.25, 0.3) is 0 Å². The molecule has 1 N–H and O–H groups in total. The fraction of sp³-hybridized carbons (Fsp3) is 0.350. The van der Waals surface area contributed by atoms with Gasteiger partial charge in [-0.05, 0) is 55.2 Å². The van der Waals surface area contributed by atoms with Gasteiger partial charge in [0.25, 0.3) is 0 Å². The van der Waals surface area contributed by atoms with Crippen molar-refractivity contribution in [1.29, 1.82) is 0 Å². The molecular weight excluding hydrogens is 360 g/mol. The topological polar surface area (TPSA) is 32.3 Å². The van der Waals surface area contributed by atoms with Crippen LogP contribution < -0.4 is 5.32 Å². The first-order chi connectivity index (χ1) is 12.8. The Bertz CT molecular complexity index is 807. The zero-order valence-electron chi connectivity index (χ0n) is 14.6. The normalized spacial score (nSPS) is 17.2. The van der Waals surface area contributed by atoms with Crippen LogP contribution in [0.1, 0.15) is 24.0 Å². The third-order valence-electron chi connectivity index (χ3n) is 4.69. The molecule has 2 aromatic carbocycles. The minimum absolute atomic E-state index is 0.0254. The SMILES string of the molecule is O=C(CNc1cccc(C(F)(F)F)c1)N1CCCC1Cc1cccc(F)c1. The second kappa shape index (κ2) is 7.98.